The number of ether oxygens (including phenoxy) is 1. The van der Waals surface area contributed by atoms with Crippen LogP contribution in [-0.4, -0.2) is 23.5 Å². The highest BCUT2D eigenvalue weighted by molar-refractivity contribution is 9.10. The first kappa shape index (κ1) is 24.1. The van der Waals surface area contributed by atoms with Crippen LogP contribution in [0.2, 0.25) is 5.02 Å². The van der Waals surface area contributed by atoms with Gasteiger partial charge >= 0.3 is 0 Å². The van der Waals surface area contributed by atoms with Gasteiger partial charge in [0.2, 0.25) is 0 Å². The summed E-state index contributed by atoms with van der Waals surface area (Å²) < 4.78 is 6.52. The summed E-state index contributed by atoms with van der Waals surface area (Å²) in [7, 11) is 0. The van der Waals surface area contributed by atoms with E-state index in [0.29, 0.717) is 28.5 Å². The lowest BCUT2D eigenvalue weighted by Crippen LogP contribution is -2.48. The number of carbonyl (C=O) groups is 2. The van der Waals surface area contributed by atoms with Crippen molar-refractivity contribution in [1.29, 1.82) is 0 Å². The van der Waals surface area contributed by atoms with E-state index < -0.39 is 11.8 Å². The second kappa shape index (κ2) is 12.5. The first-order valence-corrected chi connectivity index (χ1v) is 11.1. The highest BCUT2D eigenvalue weighted by Gasteiger charge is 2.15. The summed E-state index contributed by atoms with van der Waals surface area (Å²) in [5.74, 6) is -0.389. The van der Waals surface area contributed by atoms with Crippen molar-refractivity contribution in [3.63, 3.8) is 0 Å². The first-order chi connectivity index (χ1) is 14.4. The number of rotatable bonds is 8. The van der Waals surface area contributed by atoms with Crippen molar-refractivity contribution in [2.45, 2.75) is 32.6 Å². The van der Waals surface area contributed by atoms with E-state index in [1.807, 2.05) is 0 Å². The first-order valence-electron chi connectivity index (χ1n) is 9.50. The van der Waals surface area contributed by atoms with Gasteiger partial charge in [-0.1, -0.05) is 53.7 Å². The quantitative estimate of drug-likeness (QED) is 0.263. The molecule has 0 saturated heterocycles. The molecule has 0 fully saturated rings. The summed E-state index contributed by atoms with van der Waals surface area (Å²) in [5.41, 5.74) is 5.67. The molecule has 0 radical (unpaired) electrons. The van der Waals surface area contributed by atoms with Crippen LogP contribution >= 0.6 is 39.7 Å². The van der Waals surface area contributed by atoms with Crippen molar-refractivity contribution in [3.8, 4) is 5.75 Å². The maximum Gasteiger partial charge on any atom is 0.269 e. The van der Waals surface area contributed by atoms with E-state index in [1.54, 1.807) is 42.5 Å². The van der Waals surface area contributed by atoms with Crippen LogP contribution < -0.4 is 20.9 Å². The summed E-state index contributed by atoms with van der Waals surface area (Å²) in [4.78, 5) is 24.7. The van der Waals surface area contributed by atoms with Gasteiger partial charge in [-0.3, -0.25) is 25.8 Å². The normalized spacial score (nSPS) is 10.2. The molecule has 0 bridgehead atoms. The van der Waals surface area contributed by atoms with Crippen LogP contribution in [0.5, 0.6) is 5.75 Å². The molecule has 0 aliphatic carbocycles. The molecule has 9 heteroatoms. The van der Waals surface area contributed by atoms with Crippen LogP contribution in [0.25, 0.3) is 0 Å². The lowest BCUT2D eigenvalue weighted by atomic mass is 10.2. The molecule has 0 heterocycles. The number of hydrogen-bond acceptors (Lipinski definition) is 4. The van der Waals surface area contributed by atoms with Gasteiger partial charge < -0.3 is 4.74 Å². The van der Waals surface area contributed by atoms with Gasteiger partial charge in [0.25, 0.3) is 11.8 Å². The number of nitrogens with one attached hydrogen (secondary N) is 3. The van der Waals surface area contributed by atoms with E-state index >= 15 is 0 Å². The molecule has 2 aromatic rings. The number of amides is 2. The van der Waals surface area contributed by atoms with Gasteiger partial charge in [-0.25, -0.2) is 0 Å². The largest absolute Gasteiger partial charge is 0.493 e. The van der Waals surface area contributed by atoms with E-state index in [9.17, 15) is 9.59 Å². The highest BCUT2D eigenvalue weighted by atomic mass is 79.9. The fraction of sp³-hybridized carbons (Fsp3) is 0.286. The van der Waals surface area contributed by atoms with Crippen molar-refractivity contribution in [3.05, 3.63) is 63.1 Å². The average Bonchev–Trinajstić information content (AvgIpc) is 2.73. The molecule has 2 amide bonds. The molecule has 0 aromatic heterocycles. The predicted octanol–water partition coefficient (Wildman–Crippen LogP) is 5.01. The Balaban J connectivity index is 1.90. The summed E-state index contributed by atoms with van der Waals surface area (Å²) >= 11 is 14.3. The molecule has 0 unspecified atom stereocenters. The third kappa shape index (κ3) is 7.93. The average molecular weight is 513 g/mol. The Morgan fingerprint density at radius 1 is 1.03 bits per heavy atom. The van der Waals surface area contributed by atoms with Crippen LogP contribution in [0, 0.1) is 0 Å². The summed E-state index contributed by atoms with van der Waals surface area (Å²) in [5, 5.41) is 3.02. The molecule has 160 valence electrons. The summed E-state index contributed by atoms with van der Waals surface area (Å²) in [6.07, 6.45) is 4.29. The number of carbonyl (C=O) groups excluding carboxylic acids is 2. The zero-order chi connectivity index (χ0) is 21.9. The monoisotopic (exact) mass is 511 g/mol. The standard InChI is InChI=1S/C21H23BrClN3O3S/c1-2-3-4-5-12-29-18-11-8-15(22)13-17(18)20(28)24-21(30)26-25-19(27)14-6-9-16(23)10-7-14/h6-11,13H,2-5,12H2,1H3,(H,25,27)(H2,24,26,28,30). The maximum absolute atomic E-state index is 12.6. The van der Waals surface area contributed by atoms with Crippen LogP contribution in [0.15, 0.2) is 46.9 Å². The van der Waals surface area contributed by atoms with Crippen molar-refractivity contribution in [2.24, 2.45) is 0 Å². The number of benzene rings is 2. The van der Waals surface area contributed by atoms with Gasteiger partial charge in [-0.05, 0) is 61.1 Å². The van der Waals surface area contributed by atoms with Crippen LogP contribution in [0.4, 0.5) is 0 Å². The van der Waals surface area contributed by atoms with E-state index in [1.165, 1.54) is 0 Å². The number of unbranched alkanes of at least 4 members (excludes halogenated alkanes) is 3. The summed E-state index contributed by atoms with van der Waals surface area (Å²) in [6.45, 7) is 2.68. The topological polar surface area (TPSA) is 79.5 Å². The fourth-order valence-electron chi connectivity index (χ4n) is 2.51. The summed E-state index contributed by atoms with van der Waals surface area (Å²) in [6, 6.07) is 11.6. The SMILES string of the molecule is CCCCCCOc1ccc(Br)cc1C(=O)NC(=S)NNC(=O)c1ccc(Cl)cc1. The molecule has 30 heavy (non-hydrogen) atoms. The molecular weight excluding hydrogens is 490 g/mol. The molecule has 2 aromatic carbocycles. The van der Waals surface area contributed by atoms with Gasteiger partial charge in [0.15, 0.2) is 5.11 Å². The van der Waals surface area contributed by atoms with Gasteiger partial charge in [0, 0.05) is 15.1 Å². The minimum atomic E-state index is -0.446. The van der Waals surface area contributed by atoms with E-state index in [4.69, 9.17) is 28.6 Å². The van der Waals surface area contributed by atoms with E-state index in [2.05, 4.69) is 39.0 Å². The van der Waals surface area contributed by atoms with Gasteiger partial charge in [0.05, 0.1) is 12.2 Å². The third-order valence-corrected chi connectivity index (χ3v) is 5.01. The van der Waals surface area contributed by atoms with Crippen molar-refractivity contribution in [1.82, 2.24) is 16.2 Å². The molecule has 3 N–H and O–H groups in total. The second-order valence-corrected chi connectivity index (χ2v) is 8.18. The minimum absolute atomic E-state index is 0.0452. The smallest absolute Gasteiger partial charge is 0.269 e. The maximum atomic E-state index is 12.6. The molecule has 0 aliphatic heterocycles. The Kier molecular flexibility index (Phi) is 10.1. The lowest BCUT2D eigenvalue weighted by molar-refractivity contribution is 0.0933. The number of halogens is 2. The Hall–Kier alpha value is -2.16. The molecule has 0 atom stereocenters. The molecule has 2 rings (SSSR count). The Bertz CT molecular complexity index is 894. The Labute approximate surface area is 194 Å². The van der Waals surface area contributed by atoms with E-state index in [-0.39, 0.29) is 5.11 Å². The van der Waals surface area contributed by atoms with Crippen molar-refractivity contribution < 1.29 is 14.3 Å². The Morgan fingerprint density at radius 3 is 2.47 bits per heavy atom. The molecule has 0 saturated carbocycles. The van der Waals surface area contributed by atoms with Gasteiger partial charge in [0.1, 0.15) is 5.75 Å². The molecular formula is C21H23BrClN3O3S. The number of hydrogen-bond donors (Lipinski definition) is 3. The predicted molar refractivity (Wildman–Crippen MR) is 126 cm³/mol. The van der Waals surface area contributed by atoms with Crippen molar-refractivity contribution in [2.75, 3.05) is 6.61 Å². The molecule has 6 nitrogen and oxygen atoms in total. The third-order valence-electron chi connectivity index (χ3n) is 4.06. The highest BCUT2D eigenvalue weighted by Crippen LogP contribution is 2.23. The van der Waals surface area contributed by atoms with Crippen LogP contribution in [-0.2, 0) is 0 Å². The number of thiocarbonyl (C=S) groups is 1. The van der Waals surface area contributed by atoms with Crippen LogP contribution in [0.1, 0.15) is 53.3 Å². The minimum Gasteiger partial charge on any atom is -0.493 e. The second-order valence-electron chi connectivity index (χ2n) is 6.42. The molecule has 0 spiro atoms. The fourth-order valence-corrected chi connectivity index (χ4v) is 3.14. The zero-order valence-electron chi connectivity index (χ0n) is 16.5. The van der Waals surface area contributed by atoms with Gasteiger partial charge in [-0.2, -0.15) is 0 Å². The Morgan fingerprint density at radius 2 is 1.77 bits per heavy atom. The van der Waals surface area contributed by atoms with Crippen molar-refractivity contribution >= 4 is 56.7 Å². The van der Waals surface area contributed by atoms with Gasteiger partial charge in [-0.15, -0.1) is 0 Å². The van der Waals surface area contributed by atoms with E-state index in [0.717, 1.165) is 30.2 Å². The molecule has 0 aliphatic rings. The lowest BCUT2D eigenvalue weighted by Gasteiger charge is -2.14. The zero-order valence-corrected chi connectivity index (χ0v) is 19.6. The van der Waals surface area contributed by atoms with Crippen LogP contribution in [0.3, 0.4) is 0 Å². The number of hydrazine groups is 1.